The van der Waals surface area contributed by atoms with Gasteiger partial charge >= 0.3 is 0 Å². The number of benzene rings is 2. The third-order valence-corrected chi connectivity index (χ3v) is 7.79. The lowest BCUT2D eigenvalue weighted by atomic mass is 10.1. The molecule has 2 saturated carbocycles. The van der Waals surface area contributed by atoms with Gasteiger partial charge in [0.1, 0.15) is 11.5 Å². The molecule has 8 heteroatoms. The Kier molecular flexibility index (Phi) is 6.75. The molecule has 1 unspecified atom stereocenters. The fourth-order valence-electron chi connectivity index (χ4n) is 4.16. The van der Waals surface area contributed by atoms with E-state index in [4.69, 9.17) is 14.5 Å². The second-order valence-electron chi connectivity index (χ2n) is 9.29. The summed E-state index contributed by atoms with van der Waals surface area (Å²) in [4.78, 5) is 21.1. The average Bonchev–Trinajstić information content (AvgIpc) is 3.82. The lowest BCUT2D eigenvalue weighted by molar-refractivity contribution is 0.0606. The molecule has 0 radical (unpaired) electrons. The van der Waals surface area contributed by atoms with Crippen LogP contribution in [0.1, 0.15) is 58.8 Å². The number of halogens is 1. The van der Waals surface area contributed by atoms with E-state index in [1.807, 2.05) is 0 Å². The molecule has 1 aromatic heterocycles. The monoisotopic (exact) mass is 496 g/mol. The Morgan fingerprint density at radius 2 is 1.83 bits per heavy atom. The van der Waals surface area contributed by atoms with E-state index in [1.165, 1.54) is 23.5 Å². The number of ether oxygens (including phenoxy) is 2. The molecular formula is C27H29FN2O4S. The zero-order valence-corrected chi connectivity index (χ0v) is 20.7. The van der Waals surface area contributed by atoms with Gasteiger partial charge in [-0.1, -0.05) is 18.2 Å². The molecule has 1 N–H and O–H groups in total. The van der Waals surface area contributed by atoms with Crippen LogP contribution in [0.3, 0.4) is 0 Å². The second kappa shape index (κ2) is 9.95. The number of hydrogen-bond acceptors (Lipinski definition) is 6. The highest BCUT2D eigenvalue weighted by atomic mass is 32.1. The Morgan fingerprint density at radius 1 is 1.11 bits per heavy atom. The molecule has 0 aliphatic heterocycles. The lowest BCUT2D eigenvalue weighted by Crippen LogP contribution is -2.37. The number of aliphatic hydroxyl groups is 1. The van der Waals surface area contributed by atoms with Crippen LogP contribution in [0.4, 0.5) is 4.39 Å². The molecule has 2 aromatic carbocycles. The van der Waals surface area contributed by atoms with E-state index >= 15 is 0 Å². The predicted molar refractivity (Wildman–Crippen MR) is 133 cm³/mol. The number of methoxy groups -OCH3 is 2. The Hall–Kier alpha value is -2.97. The van der Waals surface area contributed by atoms with E-state index in [0.717, 1.165) is 41.1 Å². The van der Waals surface area contributed by atoms with Gasteiger partial charge < -0.3 is 19.5 Å². The van der Waals surface area contributed by atoms with Gasteiger partial charge in [0, 0.05) is 12.5 Å². The Balaban J connectivity index is 1.44. The minimum atomic E-state index is -0.895. The summed E-state index contributed by atoms with van der Waals surface area (Å²) in [6.45, 7) is 0.715. The van der Waals surface area contributed by atoms with Gasteiger partial charge in [0.25, 0.3) is 5.91 Å². The maximum absolute atomic E-state index is 13.9. The number of hydrogen-bond donors (Lipinski definition) is 1. The maximum atomic E-state index is 13.9. The molecule has 1 heterocycles. The van der Waals surface area contributed by atoms with E-state index in [-0.39, 0.29) is 18.3 Å². The van der Waals surface area contributed by atoms with Crippen LogP contribution in [0.5, 0.6) is 11.5 Å². The molecule has 0 bridgehead atoms. The summed E-state index contributed by atoms with van der Waals surface area (Å²) in [6.07, 6.45) is 3.41. The van der Waals surface area contributed by atoms with Crippen molar-refractivity contribution in [1.29, 1.82) is 0 Å². The molecule has 0 saturated heterocycles. The van der Waals surface area contributed by atoms with Gasteiger partial charge in [-0.15, -0.1) is 11.3 Å². The number of aromatic nitrogens is 1. The minimum absolute atomic E-state index is 0.143. The molecule has 6 nitrogen and oxygen atoms in total. The number of carbonyl (C=O) groups is 1. The van der Waals surface area contributed by atoms with E-state index in [1.54, 1.807) is 49.5 Å². The topological polar surface area (TPSA) is 71.9 Å². The minimum Gasteiger partial charge on any atom is -0.493 e. The van der Waals surface area contributed by atoms with Crippen molar-refractivity contribution in [3.05, 3.63) is 64.5 Å². The standard InChI is InChI=1S/C27H29FN2O4S/c1-33-22-12-9-19(13-23(22)34-2)21(31)15-30(14-16-3-4-16)27(32)24-25(17-7-10-20(28)11-8-17)35-26(29-24)18-5-6-18/h7-13,16,18,21,31H,3-6,14-15H2,1-2H3. The highest BCUT2D eigenvalue weighted by molar-refractivity contribution is 7.15. The summed E-state index contributed by atoms with van der Waals surface area (Å²) in [6, 6.07) is 11.5. The zero-order chi connectivity index (χ0) is 24.5. The van der Waals surface area contributed by atoms with Crippen LogP contribution < -0.4 is 9.47 Å². The first-order valence-corrected chi connectivity index (χ1v) is 12.7. The van der Waals surface area contributed by atoms with Gasteiger partial charge in [-0.25, -0.2) is 9.37 Å². The maximum Gasteiger partial charge on any atom is 0.274 e. The highest BCUT2D eigenvalue weighted by Crippen LogP contribution is 2.45. The van der Waals surface area contributed by atoms with Crippen molar-refractivity contribution < 1.29 is 23.8 Å². The van der Waals surface area contributed by atoms with Gasteiger partial charge in [0.05, 0.1) is 36.8 Å². The van der Waals surface area contributed by atoms with Crippen molar-refractivity contribution in [3.63, 3.8) is 0 Å². The number of carbonyl (C=O) groups excluding carboxylic acids is 1. The van der Waals surface area contributed by atoms with Crippen LogP contribution >= 0.6 is 11.3 Å². The molecule has 2 fully saturated rings. The highest BCUT2D eigenvalue weighted by Gasteiger charge is 2.34. The quantitative estimate of drug-likeness (QED) is 0.405. The van der Waals surface area contributed by atoms with E-state index in [2.05, 4.69) is 0 Å². The largest absolute Gasteiger partial charge is 0.493 e. The summed E-state index contributed by atoms with van der Waals surface area (Å²) in [5.41, 5.74) is 1.82. The van der Waals surface area contributed by atoms with Crippen LogP contribution in [-0.4, -0.2) is 48.2 Å². The summed E-state index contributed by atoms with van der Waals surface area (Å²) < 4.78 is 24.2. The van der Waals surface area contributed by atoms with Gasteiger partial charge in [0.15, 0.2) is 11.5 Å². The SMILES string of the molecule is COc1ccc(C(O)CN(CC2CC2)C(=O)c2nc(C3CC3)sc2-c2ccc(F)cc2)cc1OC. The summed E-state index contributed by atoms with van der Waals surface area (Å²) in [7, 11) is 3.11. The third kappa shape index (κ3) is 5.33. The van der Waals surface area contributed by atoms with Crippen molar-refractivity contribution in [2.45, 2.75) is 37.7 Å². The molecule has 1 atom stereocenters. The molecule has 2 aliphatic carbocycles. The Bertz CT molecular complexity index is 1200. The Labute approximate surface area is 208 Å². The zero-order valence-electron chi connectivity index (χ0n) is 19.9. The van der Waals surface area contributed by atoms with E-state index in [0.29, 0.717) is 41.1 Å². The molecule has 1 amide bonds. The fraction of sp³-hybridized carbons (Fsp3) is 0.407. The number of nitrogens with zero attached hydrogens (tertiary/aromatic N) is 2. The van der Waals surface area contributed by atoms with Crippen LogP contribution in [0.15, 0.2) is 42.5 Å². The fourth-order valence-corrected chi connectivity index (χ4v) is 5.39. The van der Waals surface area contributed by atoms with Crippen molar-refractivity contribution in [3.8, 4) is 21.9 Å². The predicted octanol–water partition coefficient (Wildman–Crippen LogP) is 5.43. The molecule has 5 rings (SSSR count). The Morgan fingerprint density at radius 3 is 2.46 bits per heavy atom. The number of thiazole rings is 1. The molecular weight excluding hydrogens is 467 g/mol. The van der Waals surface area contributed by atoms with Gasteiger partial charge in [-0.05, 0) is 67.0 Å². The molecule has 2 aliphatic rings. The summed E-state index contributed by atoms with van der Waals surface area (Å²) in [5.74, 6) is 1.42. The third-order valence-electron chi connectivity index (χ3n) is 6.53. The summed E-state index contributed by atoms with van der Waals surface area (Å²) >= 11 is 1.52. The van der Waals surface area contributed by atoms with Crippen LogP contribution in [0.2, 0.25) is 0 Å². The second-order valence-corrected chi connectivity index (χ2v) is 10.3. The first-order valence-electron chi connectivity index (χ1n) is 11.9. The number of aliphatic hydroxyl groups excluding tert-OH is 1. The van der Waals surface area contributed by atoms with Crippen LogP contribution in [-0.2, 0) is 0 Å². The first-order chi connectivity index (χ1) is 17.0. The first kappa shape index (κ1) is 23.8. The van der Waals surface area contributed by atoms with Gasteiger partial charge in [0.2, 0.25) is 0 Å². The van der Waals surface area contributed by atoms with Crippen molar-refractivity contribution in [2.24, 2.45) is 5.92 Å². The molecule has 3 aromatic rings. The van der Waals surface area contributed by atoms with Crippen molar-refractivity contribution in [1.82, 2.24) is 9.88 Å². The lowest BCUT2D eigenvalue weighted by Gasteiger charge is -2.26. The number of amides is 1. The van der Waals surface area contributed by atoms with Crippen LogP contribution in [0.25, 0.3) is 10.4 Å². The molecule has 0 spiro atoms. The van der Waals surface area contributed by atoms with E-state index in [9.17, 15) is 14.3 Å². The molecule has 184 valence electrons. The number of rotatable bonds is 10. The van der Waals surface area contributed by atoms with Crippen LogP contribution in [0, 0.1) is 11.7 Å². The van der Waals surface area contributed by atoms with Gasteiger partial charge in [-0.3, -0.25) is 4.79 Å². The van der Waals surface area contributed by atoms with E-state index < -0.39 is 6.10 Å². The normalized spacial score (nSPS) is 16.1. The molecule has 35 heavy (non-hydrogen) atoms. The van der Waals surface area contributed by atoms with Crippen molar-refractivity contribution in [2.75, 3.05) is 27.3 Å². The smallest absolute Gasteiger partial charge is 0.274 e. The van der Waals surface area contributed by atoms with Gasteiger partial charge in [-0.2, -0.15) is 0 Å². The average molecular weight is 497 g/mol. The van der Waals surface area contributed by atoms with Crippen molar-refractivity contribution >= 4 is 17.2 Å². The summed E-state index contributed by atoms with van der Waals surface area (Å²) in [5, 5.41) is 12.0.